The first-order valence-electron chi connectivity index (χ1n) is 9.06. The van der Waals surface area contributed by atoms with Crippen LogP contribution >= 0.6 is 11.8 Å². The summed E-state index contributed by atoms with van der Waals surface area (Å²) in [7, 11) is 0. The van der Waals surface area contributed by atoms with Crippen molar-refractivity contribution < 1.29 is 5.11 Å². The molecule has 4 rings (SSSR count). The molecule has 27 heavy (non-hydrogen) atoms. The Bertz CT molecular complexity index is 910. The van der Waals surface area contributed by atoms with Gasteiger partial charge in [-0.1, -0.05) is 96.7 Å². The molecule has 3 aromatic rings. The van der Waals surface area contributed by atoms with Crippen LogP contribution in [0.25, 0.3) is 0 Å². The molecule has 0 fully saturated rings. The molecule has 0 aromatic heterocycles. The summed E-state index contributed by atoms with van der Waals surface area (Å²) in [5.74, 6) is 0. The van der Waals surface area contributed by atoms with Crippen molar-refractivity contribution in [2.45, 2.75) is 23.8 Å². The highest BCUT2D eigenvalue weighted by atomic mass is 32.2. The zero-order valence-electron chi connectivity index (χ0n) is 14.9. The van der Waals surface area contributed by atoms with Gasteiger partial charge in [-0.25, -0.2) is 0 Å². The normalized spacial score (nSPS) is 20.3. The van der Waals surface area contributed by atoms with E-state index in [1.165, 1.54) is 22.9 Å². The topological polar surface area (TPSA) is 58.6 Å². The van der Waals surface area contributed by atoms with E-state index in [4.69, 9.17) is 5.73 Å². The summed E-state index contributed by atoms with van der Waals surface area (Å²) in [6.07, 6.45) is 0.238. The van der Waals surface area contributed by atoms with Gasteiger partial charge in [0, 0.05) is 0 Å². The first-order chi connectivity index (χ1) is 13.2. The molecule has 1 aliphatic heterocycles. The maximum atomic E-state index is 10.8. The summed E-state index contributed by atoms with van der Waals surface area (Å²) >= 11 is 1.53. The maximum absolute atomic E-state index is 10.8. The molecular weight excluding hydrogens is 352 g/mol. The van der Waals surface area contributed by atoms with Crippen LogP contribution in [-0.2, 0) is 6.42 Å². The van der Waals surface area contributed by atoms with Crippen LogP contribution in [0.1, 0.15) is 33.6 Å². The molecule has 136 valence electrons. The SMILES string of the molecule is NC1=N[C@H]([C@@H](O)c2ccccc2)[C@H](c2ccc(Cc3ccccc3)cc2)S1. The third-order valence-electron chi connectivity index (χ3n) is 4.86. The smallest absolute Gasteiger partial charge is 0.155 e. The van der Waals surface area contributed by atoms with Crippen LogP contribution in [0.3, 0.4) is 0 Å². The van der Waals surface area contributed by atoms with Gasteiger partial charge in [-0.05, 0) is 28.7 Å². The number of rotatable bonds is 5. The lowest BCUT2D eigenvalue weighted by Crippen LogP contribution is -2.20. The van der Waals surface area contributed by atoms with Gasteiger partial charge in [-0.3, -0.25) is 4.99 Å². The van der Waals surface area contributed by atoms with Gasteiger partial charge in [0.2, 0.25) is 0 Å². The molecule has 0 radical (unpaired) electrons. The predicted octanol–water partition coefficient (Wildman–Crippen LogP) is 4.48. The minimum Gasteiger partial charge on any atom is -0.386 e. The Balaban J connectivity index is 1.53. The molecule has 3 atom stereocenters. The molecule has 0 spiro atoms. The van der Waals surface area contributed by atoms with E-state index in [1.54, 1.807) is 0 Å². The number of nitrogens with two attached hydrogens (primary N) is 1. The van der Waals surface area contributed by atoms with Gasteiger partial charge in [0.1, 0.15) is 6.10 Å². The Kier molecular flexibility index (Phi) is 5.28. The monoisotopic (exact) mass is 374 g/mol. The van der Waals surface area contributed by atoms with Crippen molar-refractivity contribution in [2.75, 3.05) is 0 Å². The van der Waals surface area contributed by atoms with Gasteiger partial charge in [0.25, 0.3) is 0 Å². The summed E-state index contributed by atoms with van der Waals surface area (Å²) in [4.78, 5) is 4.52. The number of aliphatic imine (C=N–C) groups is 1. The minimum absolute atomic E-state index is 0.0194. The fraction of sp³-hybridized carbons (Fsp3) is 0.174. The number of nitrogens with zero attached hydrogens (tertiary/aromatic N) is 1. The number of amidine groups is 1. The lowest BCUT2D eigenvalue weighted by Gasteiger charge is -2.23. The molecule has 1 aliphatic rings. The number of hydrogen-bond acceptors (Lipinski definition) is 4. The minimum atomic E-state index is -0.672. The highest BCUT2D eigenvalue weighted by Gasteiger charge is 2.36. The number of thioether (sulfide) groups is 1. The molecule has 3 nitrogen and oxygen atoms in total. The van der Waals surface area contributed by atoms with Gasteiger partial charge < -0.3 is 10.8 Å². The molecule has 3 N–H and O–H groups in total. The number of aliphatic hydroxyl groups excluding tert-OH is 1. The van der Waals surface area contributed by atoms with Crippen molar-refractivity contribution in [3.05, 3.63) is 107 Å². The molecule has 0 saturated carbocycles. The van der Waals surface area contributed by atoms with Gasteiger partial charge in [0.05, 0.1) is 11.3 Å². The first-order valence-corrected chi connectivity index (χ1v) is 9.94. The number of aliphatic hydroxyl groups is 1. The van der Waals surface area contributed by atoms with E-state index in [-0.39, 0.29) is 11.3 Å². The zero-order valence-corrected chi connectivity index (χ0v) is 15.7. The van der Waals surface area contributed by atoms with Crippen LogP contribution in [-0.4, -0.2) is 16.3 Å². The van der Waals surface area contributed by atoms with Gasteiger partial charge in [-0.2, -0.15) is 0 Å². The molecule has 0 aliphatic carbocycles. The van der Waals surface area contributed by atoms with E-state index in [2.05, 4.69) is 53.5 Å². The molecule has 3 aromatic carbocycles. The Morgan fingerprint density at radius 1 is 0.852 bits per heavy atom. The van der Waals surface area contributed by atoms with E-state index in [0.29, 0.717) is 5.17 Å². The summed E-state index contributed by atoms with van der Waals surface area (Å²) in [5, 5.41) is 11.4. The highest BCUT2D eigenvalue weighted by molar-refractivity contribution is 8.14. The van der Waals surface area contributed by atoms with Crippen molar-refractivity contribution in [3.8, 4) is 0 Å². The molecule has 4 heteroatoms. The van der Waals surface area contributed by atoms with Crippen LogP contribution in [0.2, 0.25) is 0 Å². The van der Waals surface area contributed by atoms with Crippen LogP contribution in [0, 0.1) is 0 Å². The largest absolute Gasteiger partial charge is 0.386 e. The van der Waals surface area contributed by atoms with E-state index in [9.17, 15) is 5.11 Å². The number of hydrogen-bond donors (Lipinski definition) is 2. The average Bonchev–Trinajstić information content (AvgIpc) is 3.11. The van der Waals surface area contributed by atoms with Crippen molar-refractivity contribution >= 4 is 16.9 Å². The lowest BCUT2D eigenvalue weighted by molar-refractivity contribution is 0.147. The molecule has 1 heterocycles. The first kappa shape index (κ1) is 17.8. The fourth-order valence-corrected chi connectivity index (χ4v) is 4.54. The Morgan fingerprint density at radius 2 is 1.44 bits per heavy atom. The summed E-state index contributed by atoms with van der Waals surface area (Å²) in [6.45, 7) is 0. The zero-order chi connectivity index (χ0) is 18.6. The second-order valence-electron chi connectivity index (χ2n) is 6.76. The van der Waals surface area contributed by atoms with Crippen LogP contribution in [0.4, 0.5) is 0 Å². The van der Waals surface area contributed by atoms with E-state index >= 15 is 0 Å². The quantitative estimate of drug-likeness (QED) is 0.692. The van der Waals surface area contributed by atoms with Gasteiger partial charge in [-0.15, -0.1) is 0 Å². The van der Waals surface area contributed by atoms with E-state index in [0.717, 1.165) is 17.5 Å². The Hall–Kier alpha value is -2.56. The van der Waals surface area contributed by atoms with Crippen LogP contribution < -0.4 is 5.73 Å². The maximum Gasteiger partial charge on any atom is 0.155 e. The third kappa shape index (κ3) is 4.07. The molecule has 0 bridgehead atoms. The summed E-state index contributed by atoms with van der Waals surface area (Å²) in [5.41, 5.74) is 10.6. The molecule has 0 unspecified atom stereocenters. The van der Waals surface area contributed by atoms with E-state index in [1.807, 2.05) is 36.4 Å². The van der Waals surface area contributed by atoms with Crippen molar-refractivity contribution in [1.29, 1.82) is 0 Å². The molecule has 0 saturated heterocycles. The van der Waals surface area contributed by atoms with Crippen molar-refractivity contribution in [1.82, 2.24) is 0 Å². The van der Waals surface area contributed by atoms with E-state index < -0.39 is 6.10 Å². The third-order valence-corrected chi connectivity index (χ3v) is 6.01. The van der Waals surface area contributed by atoms with Crippen molar-refractivity contribution in [3.63, 3.8) is 0 Å². The van der Waals surface area contributed by atoms with Crippen LogP contribution in [0.15, 0.2) is 89.9 Å². The fourth-order valence-electron chi connectivity index (χ4n) is 3.45. The average molecular weight is 375 g/mol. The lowest BCUT2D eigenvalue weighted by atomic mass is 9.95. The standard InChI is InChI=1S/C23H22N2OS/c24-23-25-20(21(26)18-9-5-2-6-10-18)22(27-23)19-13-11-17(12-14-19)15-16-7-3-1-4-8-16/h1-14,20-22,26H,15H2,(H2,24,25)/t20-,21+,22+/m1/s1. The molecule has 0 amide bonds. The van der Waals surface area contributed by atoms with Crippen molar-refractivity contribution in [2.24, 2.45) is 10.7 Å². The summed E-state index contributed by atoms with van der Waals surface area (Å²) in [6, 6.07) is 28.4. The number of benzene rings is 3. The Morgan fingerprint density at radius 3 is 2.11 bits per heavy atom. The van der Waals surface area contributed by atoms with Gasteiger partial charge in [0.15, 0.2) is 5.17 Å². The second kappa shape index (κ2) is 7.99. The summed E-state index contributed by atoms with van der Waals surface area (Å²) < 4.78 is 0. The predicted molar refractivity (Wildman–Crippen MR) is 113 cm³/mol. The molecular formula is C23H22N2OS. The highest BCUT2D eigenvalue weighted by Crippen LogP contribution is 2.44. The van der Waals surface area contributed by atoms with Crippen LogP contribution in [0.5, 0.6) is 0 Å². The van der Waals surface area contributed by atoms with Gasteiger partial charge >= 0.3 is 0 Å². The second-order valence-corrected chi connectivity index (χ2v) is 7.92. The Labute approximate surface area is 164 Å².